The second-order valence-corrected chi connectivity index (χ2v) is 3.85. The largest absolute Gasteiger partial charge is 0.426 e. The van der Waals surface area contributed by atoms with Gasteiger partial charge in [0, 0.05) is 11.8 Å². The number of aromatic amines is 3. The summed E-state index contributed by atoms with van der Waals surface area (Å²) in [4.78, 5) is 33.7. The van der Waals surface area contributed by atoms with Gasteiger partial charge in [-0.05, 0) is 12.1 Å². The molecule has 0 saturated heterocycles. The van der Waals surface area contributed by atoms with Crippen molar-refractivity contribution in [2.45, 2.75) is 0 Å². The molecule has 96 valence electrons. The highest BCUT2D eigenvalue weighted by molar-refractivity contribution is 5.69. The van der Waals surface area contributed by atoms with Gasteiger partial charge >= 0.3 is 11.7 Å². The molecule has 8 nitrogen and oxygen atoms in total. The van der Waals surface area contributed by atoms with Crippen LogP contribution in [0.15, 0.2) is 33.9 Å². The number of nitrogen functional groups attached to an aromatic ring is 1. The minimum Gasteiger partial charge on any atom is -0.426 e. The van der Waals surface area contributed by atoms with Gasteiger partial charge in [-0.3, -0.25) is 14.8 Å². The van der Waals surface area contributed by atoms with Crippen molar-refractivity contribution in [1.29, 1.82) is 0 Å². The molecular weight excluding hydrogens is 250 g/mol. The molecule has 0 bridgehead atoms. The number of hydrogen-bond donors (Lipinski definition) is 4. The van der Waals surface area contributed by atoms with E-state index in [9.17, 15) is 9.59 Å². The molecule has 19 heavy (non-hydrogen) atoms. The Labute approximate surface area is 105 Å². The third kappa shape index (κ3) is 2.06. The van der Waals surface area contributed by atoms with Crippen LogP contribution in [0.2, 0.25) is 0 Å². The predicted molar refractivity (Wildman–Crippen MR) is 68.3 cm³/mol. The molecule has 0 saturated carbocycles. The van der Waals surface area contributed by atoms with E-state index in [4.69, 9.17) is 10.5 Å². The van der Waals surface area contributed by atoms with Gasteiger partial charge in [0.1, 0.15) is 5.75 Å². The number of imidazole rings is 1. The Kier molecular flexibility index (Phi) is 2.34. The van der Waals surface area contributed by atoms with Crippen LogP contribution in [0.25, 0.3) is 11.2 Å². The lowest BCUT2D eigenvalue weighted by Crippen LogP contribution is -2.21. The minimum atomic E-state index is -0.625. The van der Waals surface area contributed by atoms with Gasteiger partial charge in [-0.2, -0.15) is 4.98 Å². The summed E-state index contributed by atoms with van der Waals surface area (Å²) in [6.45, 7) is 0. The molecular formula is C11H9N5O3. The number of fused-ring (bicyclic) bond motifs is 1. The van der Waals surface area contributed by atoms with Crippen molar-refractivity contribution in [3.05, 3.63) is 45.1 Å². The van der Waals surface area contributed by atoms with E-state index in [2.05, 4.69) is 19.9 Å². The molecule has 8 heteroatoms. The number of nitrogens with two attached hydrogens (primary N) is 1. The molecule has 2 aromatic heterocycles. The number of aromatic nitrogens is 4. The van der Waals surface area contributed by atoms with Crippen molar-refractivity contribution in [3.63, 3.8) is 0 Å². The molecule has 0 radical (unpaired) electrons. The van der Waals surface area contributed by atoms with E-state index in [1.165, 1.54) is 0 Å². The van der Waals surface area contributed by atoms with Crippen molar-refractivity contribution in [2.75, 3.05) is 5.73 Å². The number of nitrogens with zero attached hydrogens (tertiary/aromatic N) is 1. The average molecular weight is 259 g/mol. The van der Waals surface area contributed by atoms with Crippen molar-refractivity contribution >= 4 is 16.9 Å². The van der Waals surface area contributed by atoms with Gasteiger partial charge < -0.3 is 15.5 Å². The van der Waals surface area contributed by atoms with E-state index in [0.717, 1.165) is 0 Å². The maximum absolute atomic E-state index is 11.5. The van der Waals surface area contributed by atoms with E-state index >= 15 is 0 Å². The van der Waals surface area contributed by atoms with Crippen LogP contribution in [0.4, 0.5) is 5.69 Å². The maximum Gasteiger partial charge on any atom is 0.327 e. The number of rotatable bonds is 2. The number of nitrogens with one attached hydrogen (secondary N) is 3. The Hall–Kier alpha value is -3.03. The minimum absolute atomic E-state index is 0.0907. The first-order valence-electron chi connectivity index (χ1n) is 5.37. The highest BCUT2D eigenvalue weighted by atomic mass is 16.5. The first kappa shape index (κ1) is 11.1. The Bertz CT molecular complexity index is 860. The molecule has 0 atom stereocenters. The van der Waals surface area contributed by atoms with E-state index in [-0.39, 0.29) is 17.2 Å². The normalized spacial score (nSPS) is 10.7. The smallest absolute Gasteiger partial charge is 0.327 e. The summed E-state index contributed by atoms with van der Waals surface area (Å²) in [6.07, 6.45) is 0. The van der Waals surface area contributed by atoms with Crippen molar-refractivity contribution in [1.82, 2.24) is 19.9 Å². The maximum atomic E-state index is 11.5. The average Bonchev–Trinajstić information content (AvgIpc) is 2.71. The van der Waals surface area contributed by atoms with Gasteiger partial charge in [0.2, 0.25) is 0 Å². The molecule has 2 heterocycles. The summed E-state index contributed by atoms with van der Waals surface area (Å²) < 4.78 is 5.42. The number of benzene rings is 1. The van der Waals surface area contributed by atoms with Gasteiger partial charge in [0.25, 0.3) is 5.56 Å². The van der Waals surface area contributed by atoms with Crippen LogP contribution in [0, 0.1) is 0 Å². The highest BCUT2D eigenvalue weighted by Crippen LogP contribution is 2.21. The molecule has 3 rings (SSSR count). The summed E-state index contributed by atoms with van der Waals surface area (Å²) in [5.74, 6) is 0.470. The number of hydrogen-bond acceptors (Lipinski definition) is 5. The molecule has 0 spiro atoms. The van der Waals surface area contributed by atoms with Crippen LogP contribution in [0.5, 0.6) is 11.8 Å². The van der Waals surface area contributed by atoms with Crippen LogP contribution < -0.4 is 21.7 Å². The van der Waals surface area contributed by atoms with Crippen molar-refractivity contribution in [2.24, 2.45) is 0 Å². The molecule has 0 aliphatic carbocycles. The zero-order chi connectivity index (χ0) is 13.4. The standard InChI is InChI=1S/C11H9N5O3/c12-5-2-1-3-6(4-5)19-11-13-7-8(15-11)14-10(18)16-9(7)17/h1-4H,12H2,(H3,13,14,15,16,17,18). The number of H-pyrrole nitrogens is 3. The van der Waals surface area contributed by atoms with Crippen molar-refractivity contribution < 1.29 is 4.74 Å². The molecule has 0 amide bonds. The lowest BCUT2D eigenvalue weighted by atomic mass is 10.3. The molecule has 1 aromatic carbocycles. The van der Waals surface area contributed by atoms with Gasteiger partial charge in [0.05, 0.1) is 0 Å². The fourth-order valence-electron chi connectivity index (χ4n) is 1.65. The zero-order valence-corrected chi connectivity index (χ0v) is 9.56. The Balaban J connectivity index is 2.05. The summed E-state index contributed by atoms with van der Waals surface area (Å²) in [5, 5.41) is 0. The van der Waals surface area contributed by atoms with Crippen LogP contribution in [0.3, 0.4) is 0 Å². The number of anilines is 1. The quantitative estimate of drug-likeness (QED) is 0.492. The Morgan fingerprint density at radius 3 is 2.79 bits per heavy atom. The molecule has 3 aromatic rings. The SMILES string of the molecule is Nc1cccc(Oc2nc3[nH]c(=O)[nH]c(=O)c3[nH]2)c1. The first-order valence-corrected chi connectivity index (χ1v) is 5.37. The monoisotopic (exact) mass is 259 g/mol. The second kappa shape index (κ2) is 4.02. The molecule has 0 aliphatic heterocycles. The molecule has 0 unspecified atom stereocenters. The summed E-state index contributed by atoms with van der Waals surface area (Å²) in [7, 11) is 0. The van der Waals surface area contributed by atoms with Crippen LogP contribution in [-0.2, 0) is 0 Å². The van der Waals surface area contributed by atoms with E-state index in [0.29, 0.717) is 11.4 Å². The fourth-order valence-corrected chi connectivity index (χ4v) is 1.65. The van der Waals surface area contributed by atoms with Gasteiger partial charge in [-0.15, -0.1) is 0 Å². The van der Waals surface area contributed by atoms with Gasteiger partial charge in [0.15, 0.2) is 11.2 Å². The van der Waals surface area contributed by atoms with Crippen LogP contribution in [0.1, 0.15) is 0 Å². The second-order valence-electron chi connectivity index (χ2n) is 3.85. The molecule has 0 aliphatic rings. The van der Waals surface area contributed by atoms with Gasteiger partial charge in [-0.25, -0.2) is 4.79 Å². The fraction of sp³-hybridized carbons (Fsp3) is 0. The first-order chi connectivity index (χ1) is 9.11. The van der Waals surface area contributed by atoms with Gasteiger partial charge in [-0.1, -0.05) is 6.07 Å². The van der Waals surface area contributed by atoms with E-state index < -0.39 is 11.2 Å². The summed E-state index contributed by atoms with van der Waals surface area (Å²) in [5.41, 5.74) is 5.24. The van der Waals surface area contributed by atoms with E-state index in [1.54, 1.807) is 24.3 Å². The topological polar surface area (TPSA) is 130 Å². The molecule has 0 fully saturated rings. The number of ether oxygens (including phenoxy) is 1. The summed E-state index contributed by atoms with van der Waals surface area (Å²) in [6, 6.07) is 6.83. The Morgan fingerprint density at radius 2 is 2.00 bits per heavy atom. The molecule has 5 N–H and O–H groups in total. The third-order valence-corrected chi connectivity index (χ3v) is 2.44. The zero-order valence-electron chi connectivity index (χ0n) is 9.56. The van der Waals surface area contributed by atoms with E-state index in [1.807, 2.05) is 0 Å². The third-order valence-electron chi connectivity index (χ3n) is 2.44. The van der Waals surface area contributed by atoms with Crippen molar-refractivity contribution in [3.8, 4) is 11.8 Å². The summed E-state index contributed by atoms with van der Waals surface area (Å²) >= 11 is 0. The Morgan fingerprint density at radius 1 is 1.16 bits per heavy atom. The highest BCUT2D eigenvalue weighted by Gasteiger charge is 2.09. The lowest BCUT2D eigenvalue weighted by Gasteiger charge is -2.01. The van der Waals surface area contributed by atoms with Crippen LogP contribution >= 0.6 is 0 Å². The predicted octanol–water partition coefficient (Wildman–Crippen LogP) is 0.314. The lowest BCUT2D eigenvalue weighted by molar-refractivity contribution is 0.449. The van der Waals surface area contributed by atoms with Crippen LogP contribution in [-0.4, -0.2) is 19.9 Å².